The molecule has 0 fully saturated rings. The molecule has 0 saturated heterocycles. The molecular weight excluding hydrogens is 429 g/mol. The summed E-state index contributed by atoms with van der Waals surface area (Å²) in [5, 5.41) is 18.4. The number of aliphatic hydroxyl groups is 1. The largest absolute Gasteiger partial charge is 0.505 e. The Morgan fingerprint density at radius 2 is 1.26 bits per heavy atom. The molecule has 23 heavy (non-hydrogen) atoms. The molecule has 2 aromatic carbocycles. The van der Waals surface area contributed by atoms with Crippen LogP contribution in [-0.4, -0.2) is 16.5 Å². The second-order valence-corrected chi connectivity index (χ2v) is 6.36. The van der Waals surface area contributed by atoms with Crippen LogP contribution in [0, 0.1) is 0 Å². The van der Waals surface area contributed by atoms with E-state index in [-0.39, 0.29) is 30.9 Å². The molecule has 0 heterocycles. The van der Waals surface area contributed by atoms with Crippen LogP contribution in [0.4, 0.5) is 0 Å². The van der Waals surface area contributed by atoms with Crippen molar-refractivity contribution in [2.45, 2.75) is 13.2 Å². The molecular formula is C14H10Cl6O3. The van der Waals surface area contributed by atoms with Gasteiger partial charge in [0.1, 0.15) is 15.8 Å². The van der Waals surface area contributed by atoms with Crippen molar-refractivity contribution < 1.29 is 14.9 Å². The van der Waals surface area contributed by atoms with Gasteiger partial charge in [-0.25, -0.2) is 0 Å². The van der Waals surface area contributed by atoms with Crippen LogP contribution in [-0.2, 0) is 0 Å². The summed E-state index contributed by atoms with van der Waals surface area (Å²) in [4.78, 5) is 0. The molecule has 0 aliphatic carbocycles. The molecule has 2 aromatic rings. The highest BCUT2D eigenvalue weighted by Gasteiger charge is 2.18. The minimum atomic E-state index is -0.824. The van der Waals surface area contributed by atoms with Gasteiger partial charge in [-0.3, -0.25) is 0 Å². The molecule has 0 aromatic heterocycles. The zero-order valence-corrected chi connectivity index (χ0v) is 16.0. The van der Waals surface area contributed by atoms with Gasteiger partial charge in [-0.1, -0.05) is 81.7 Å². The van der Waals surface area contributed by atoms with Gasteiger partial charge in [0.05, 0.1) is 20.1 Å². The van der Waals surface area contributed by atoms with Gasteiger partial charge in [0, 0.05) is 0 Å². The van der Waals surface area contributed by atoms with Gasteiger partial charge in [-0.15, -0.1) is 0 Å². The summed E-state index contributed by atoms with van der Waals surface area (Å²) in [7, 11) is 0. The summed E-state index contributed by atoms with van der Waals surface area (Å²) in [6.07, 6.45) is -0.824. The molecule has 1 atom stereocenters. The number of para-hydroxylation sites is 1. The fourth-order valence-electron chi connectivity index (χ4n) is 1.32. The minimum Gasteiger partial charge on any atom is -0.505 e. The third-order valence-electron chi connectivity index (χ3n) is 2.32. The lowest BCUT2D eigenvalue weighted by atomic mass is 10.3. The maximum Gasteiger partial charge on any atom is 0.194 e. The SMILES string of the molecule is CC(O)Oc1ccccc1Cl.Oc1c(Cl)c(Cl)c(Cl)c(Cl)c1Cl. The third-order valence-corrected chi connectivity index (χ3v) is 4.89. The van der Waals surface area contributed by atoms with Crippen molar-refractivity contribution in [3.8, 4) is 11.5 Å². The first-order valence-electron chi connectivity index (χ1n) is 5.96. The van der Waals surface area contributed by atoms with Crippen LogP contribution in [0.15, 0.2) is 24.3 Å². The summed E-state index contributed by atoms with van der Waals surface area (Å²) in [6, 6.07) is 7.01. The van der Waals surface area contributed by atoms with Crippen molar-refractivity contribution in [1.29, 1.82) is 0 Å². The van der Waals surface area contributed by atoms with Gasteiger partial charge in [0.2, 0.25) is 0 Å². The summed E-state index contributed by atoms with van der Waals surface area (Å²) >= 11 is 33.6. The van der Waals surface area contributed by atoms with Crippen LogP contribution in [0.3, 0.4) is 0 Å². The van der Waals surface area contributed by atoms with Gasteiger partial charge in [0.15, 0.2) is 12.0 Å². The van der Waals surface area contributed by atoms with Crippen molar-refractivity contribution in [3.05, 3.63) is 54.4 Å². The van der Waals surface area contributed by atoms with E-state index in [2.05, 4.69) is 0 Å². The standard InChI is InChI=1S/C8H9ClO2.C6HCl5O/c1-6(10)11-8-5-3-2-4-7(8)9;7-1-2(8)4(10)6(12)5(11)3(1)9/h2-6,10H,1H3;12H. The predicted octanol–water partition coefficient (Wildman–Crippen LogP) is 6.72. The highest BCUT2D eigenvalue weighted by Crippen LogP contribution is 2.47. The van der Waals surface area contributed by atoms with Crippen LogP contribution in [0.1, 0.15) is 6.92 Å². The maximum absolute atomic E-state index is 9.20. The summed E-state index contributed by atoms with van der Waals surface area (Å²) < 4.78 is 4.97. The number of aliphatic hydroxyl groups excluding tert-OH is 1. The van der Waals surface area contributed by atoms with Crippen molar-refractivity contribution in [2.75, 3.05) is 0 Å². The number of hydrogen-bond donors (Lipinski definition) is 2. The van der Waals surface area contributed by atoms with Crippen molar-refractivity contribution in [2.24, 2.45) is 0 Å². The van der Waals surface area contributed by atoms with E-state index < -0.39 is 6.29 Å². The van der Waals surface area contributed by atoms with Crippen LogP contribution >= 0.6 is 69.6 Å². The number of halogens is 6. The van der Waals surface area contributed by atoms with Gasteiger partial charge >= 0.3 is 0 Å². The zero-order valence-electron chi connectivity index (χ0n) is 11.5. The van der Waals surface area contributed by atoms with Crippen molar-refractivity contribution in [3.63, 3.8) is 0 Å². The Labute approximate surface area is 163 Å². The molecule has 0 aliphatic heterocycles. The normalized spacial score (nSPS) is 11.5. The first-order valence-corrected chi connectivity index (χ1v) is 8.23. The van der Waals surface area contributed by atoms with E-state index in [0.29, 0.717) is 10.8 Å². The Morgan fingerprint density at radius 1 is 0.826 bits per heavy atom. The molecule has 0 aliphatic rings. The number of phenols is 1. The minimum absolute atomic E-state index is 0.00904. The fraction of sp³-hybridized carbons (Fsp3) is 0.143. The number of phenolic OH excluding ortho intramolecular Hbond substituents is 1. The summed E-state index contributed by atoms with van der Waals surface area (Å²) in [5.74, 6) is 0.141. The summed E-state index contributed by atoms with van der Waals surface area (Å²) in [5.41, 5.74) is 0. The molecule has 9 heteroatoms. The third kappa shape index (κ3) is 5.64. The van der Waals surface area contributed by atoms with Gasteiger partial charge < -0.3 is 14.9 Å². The predicted molar refractivity (Wildman–Crippen MR) is 96.9 cm³/mol. The van der Waals surface area contributed by atoms with Gasteiger partial charge in [-0.05, 0) is 19.1 Å². The molecule has 0 amide bonds. The number of hydrogen-bond acceptors (Lipinski definition) is 3. The highest BCUT2D eigenvalue weighted by atomic mass is 35.5. The zero-order chi connectivity index (χ0) is 17.7. The number of rotatable bonds is 2. The van der Waals surface area contributed by atoms with Crippen molar-refractivity contribution in [1.82, 2.24) is 0 Å². The van der Waals surface area contributed by atoms with E-state index in [9.17, 15) is 5.11 Å². The average Bonchev–Trinajstić information content (AvgIpc) is 2.52. The van der Waals surface area contributed by atoms with E-state index in [4.69, 9.17) is 79.4 Å². The first kappa shape index (κ1) is 20.8. The van der Waals surface area contributed by atoms with Crippen molar-refractivity contribution >= 4 is 69.6 Å². The molecule has 126 valence electrons. The topological polar surface area (TPSA) is 49.7 Å². The Hall–Kier alpha value is -0.260. The second-order valence-electron chi connectivity index (χ2n) is 4.07. The van der Waals surface area contributed by atoms with Crippen LogP contribution in [0.2, 0.25) is 30.1 Å². The summed E-state index contributed by atoms with van der Waals surface area (Å²) in [6.45, 7) is 1.53. The van der Waals surface area contributed by atoms with E-state index in [1.807, 2.05) is 0 Å². The Kier molecular flexibility index (Phi) is 8.39. The Morgan fingerprint density at radius 3 is 1.70 bits per heavy atom. The van der Waals surface area contributed by atoms with E-state index in [0.717, 1.165) is 0 Å². The Bertz CT molecular complexity index is 585. The number of aromatic hydroxyl groups is 1. The quantitative estimate of drug-likeness (QED) is 0.311. The molecule has 0 radical (unpaired) electrons. The van der Waals surface area contributed by atoms with E-state index >= 15 is 0 Å². The van der Waals surface area contributed by atoms with Crippen LogP contribution < -0.4 is 4.74 Å². The lowest BCUT2D eigenvalue weighted by Gasteiger charge is -2.08. The molecule has 2 N–H and O–H groups in total. The highest BCUT2D eigenvalue weighted by molar-refractivity contribution is 6.55. The lowest BCUT2D eigenvalue weighted by Crippen LogP contribution is -2.09. The molecule has 0 bridgehead atoms. The van der Waals surface area contributed by atoms with Gasteiger partial charge in [-0.2, -0.15) is 0 Å². The lowest BCUT2D eigenvalue weighted by molar-refractivity contribution is -0.000222. The first-order chi connectivity index (χ1) is 10.7. The Balaban J connectivity index is 0.000000231. The molecule has 0 spiro atoms. The van der Waals surface area contributed by atoms with Crippen LogP contribution in [0.25, 0.3) is 0 Å². The van der Waals surface area contributed by atoms with E-state index in [1.165, 1.54) is 6.92 Å². The van der Waals surface area contributed by atoms with Crippen LogP contribution in [0.5, 0.6) is 11.5 Å². The molecule has 2 rings (SSSR count). The second kappa shape index (κ2) is 9.28. The van der Waals surface area contributed by atoms with Gasteiger partial charge in [0.25, 0.3) is 0 Å². The fourth-order valence-corrected chi connectivity index (χ4v) is 2.63. The smallest absolute Gasteiger partial charge is 0.194 e. The van der Waals surface area contributed by atoms with E-state index in [1.54, 1.807) is 24.3 Å². The number of ether oxygens (including phenoxy) is 1. The number of benzene rings is 2. The maximum atomic E-state index is 9.20. The molecule has 1 unspecified atom stereocenters. The average molecular weight is 439 g/mol. The monoisotopic (exact) mass is 436 g/mol. The molecule has 3 nitrogen and oxygen atoms in total. The molecule has 0 saturated carbocycles.